The number of nitriles is 1. The van der Waals surface area contributed by atoms with E-state index in [-0.39, 0.29) is 5.91 Å². The van der Waals surface area contributed by atoms with E-state index in [1.807, 2.05) is 6.92 Å². The summed E-state index contributed by atoms with van der Waals surface area (Å²) in [5.74, 6) is -0.253. The monoisotopic (exact) mass is 217 g/mol. The molecule has 4 nitrogen and oxygen atoms in total. The van der Waals surface area contributed by atoms with Crippen LogP contribution in [0.25, 0.3) is 0 Å². The van der Waals surface area contributed by atoms with Crippen LogP contribution in [0.2, 0.25) is 0 Å². The first-order valence-corrected chi connectivity index (χ1v) is 5.18. The molecule has 1 N–H and O–H groups in total. The van der Waals surface area contributed by atoms with E-state index in [9.17, 15) is 4.79 Å². The second-order valence-corrected chi connectivity index (χ2v) is 3.89. The van der Waals surface area contributed by atoms with E-state index in [4.69, 9.17) is 5.26 Å². The number of rotatable bonds is 3. The Bertz CT molecular complexity index is 436. The molecule has 1 rings (SSSR count). The number of hydrogen-bond acceptors (Lipinski definition) is 3. The molecule has 84 valence electrons. The maximum atomic E-state index is 11.9. The number of aryl methyl sites for hydroxylation is 1. The normalized spacial score (nSPS) is 13.6. The highest BCUT2D eigenvalue weighted by molar-refractivity contribution is 5.95. The fourth-order valence-corrected chi connectivity index (χ4v) is 1.24. The van der Waals surface area contributed by atoms with Crippen LogP contribution >= 0.6 is 0 Å². The molecule has 1 unspecified atom stereocenters. The molecule has 0 bridgehead atoms. The lowest BCUT2D eigenvalue weighted by molar-refractivity contribution is 0.0922. The summed E-state index contributed by atoms with van der Waals surface area (Å²) in [5.41, 5.74) is 0.355. The SMILES string of the molecule is CCC(C)(C#N)NC(=O)c1cccnc1C. The van der Waals surface area contributed by atoms with Crippen molar-refractivity contribution in [2.24, 2.45) is 0 Å². The van der Waals surface area contributed by atoms with Gasteiger partial charge in [-0.05, 0) is 32.4 Å². The molecule has 4 heteroatoms. The van der Waals surface area contributed by atoms with Crippen LogP contribution in [-0.2, 0) is 0 Å². The molecule has 0 radical (unpaired) electrons. The lowest BCUT2D eigenvalue weighted by atomic mass is 10.0. The van der Waals surface area contributed by atoms with Crippen molar-refractivity contribution in [3.63, 3.8) is 0 Å². The molecule has 0 saturated heterocycles. The van der Waals surface area contributed by atoms with Gasteiger partial charge in [-0.15, -0.1) is 0 Å². The molecule has 16 heavy (non-hydrogen) atoms. The van der Waals surface area contributed by atoms with Crippen LogP contribution in [0.4, 0.5) is 0 Å². The summed E-state index contributed by atoms with van der Waals surface area (Å²) in [6.07, 6.45) is 2.20. The molecule has 0 aliphatic heterocycles. The Hall–Kier alpha value is -1.89. The Balaban J connectivity index is 2.90. The fraction of sp³-hybridized carbons (Fsp3) is 0.417. The van der Waals surface area contributed by atoms with Gasteiger partial charge in [0.2, 0.25) is 0 Å². The summed E-state index contributed by atoms with van der Waals surface area (Å²) >= 11 is 0. The predicted octanol–water partition coefficient (Wildman–Crippen LogP) is 1.81. The first-order chi connectivity index (χ1) is 7.52. The molecule has 0 aromatic carbocycles. The Morgan fingerprint density at radius 2 is 2.38 bits per heavy atom. The van der Waals surface area contributed by atoms with Crippen LogP contribution in [-0.4, -0.2) is 16.4 Å². The topological polar surface area (TPSA) is 65.8 Å². The van der Waals surface area contributed by atoms with Crippen molar-refractivity contribution in [3.05, 3.63) is 29.6 Å². The smallest absolute Gasteiger partial charge is 0.254 e. The van der Waals surface area contributed by atoms with E-state index < -0.39 is 5.54 Å². The maximum absolute atomic E-state index is 11.9. The molecule has 0 aliphatic carbocycles. The van der Waals surface area contributed by atoms with Crippen LogP contribution in [0.1, 0.15) is 36.3 Å². The molecule has 0 aliphatic rings. The minimum Gasteiger partial charge on any atom is -0.334 e. The van der Waals surface area contributed by atoms with Crippen molar-refractivity contribution in [1.29, 1.82) is 5.26 Å². The summed E-state index contributed by atoms with van der Waals surface area (Å²) < 4.78 is 0. The number of pyridine rings is 1. The van der Waals surface area contributed by atoms with Crippen LogP contribution in [0, 0.1) is 18.3 Å². The zero-order valence-corrected chi connectivity index (χ0v) is 9.74. The lowest BCUT2D eigenvalue weighted by Crippen LogP contribution is -2.44. The standard InChI is InChI=1S/C12H15N3O/c1-4-12(3,8-13)15-11(16)10-6-5-7-14-9(10)2/h5-7H,4H2,1-3H3,(H,15,16). The van der Waals surface area contributed by atoms with Crippen LogP contribution in [0.5, 0.6) is 0 Å². The highest BCUT2D eigenvalue weighted by atomic mass is 16.1. The highest BCUT2D eigenvalue weighted by Crippen LogP contribution is 2.10. The van der Waals surface area contributed by atoms with Gasteiger partial charge in [-0.25, -0.2) is 0 Å². The van der Waals surface area contributed by atoms with Gasteiger partial charge in [0.25, 0.3) is 5.91 Å². The number of nitrogens with one attached hydrogen (secondary N) is 1. The van der Waals surface area contributed by atoms with Crippen molar-refractivity contribution in [2.45, 2.75) is 32.7 Å². The zero-order chi connectivity index (χ0) is 12.2. The number of nitrogens with zero attached hydrogens (tertiary/aromatic N) is 2. The minimum absolute atomic E-state index is 0.253. The lowest BCUT2D eigenvalue weighted by Gasteiger charge is -2.21. The van der Waals surface area contributed by atoms with Gasteiger partial charge in [-0.3, -0.25) is 9.78 Å². The van der Waals surface area contributed by atoms with E-state index >= 15 is 0 Å². The Morgan fingerprint density at radius 1 is 1.69 bits per heavy atom. The van der Waals surface area contributed by atoms with E-state index in [2.05, 4.69) is 16.4 Å². The Morgan fingerprint density at radius 3 is 2.88 bits per heavy atom. The number of carbonyl (C=O) groups excluding carboxylic acids is 1. The largest absolute Gasteiger partial charge is 0.334 e. The van der Waals surface area contributed by atoms with E-state index in [0.717, 1.165) is 0 Å². The van der Waals surface area contributed by atoms with Gasteiger partial charge in [0.05, 0.1) is 11.6 Å². The van der Waals surface area contributed by atoms with Gasteiger partial charge in [0.1, 0.15) is 5.54 Å². The molecule has 0 spiro atoms. The quantitative estimate of drug-likeness (QED) is 0.839. The van der Waals surface area contributed by atoms with Crippen LogP contribution in [0.15, 0.2) is 18.3 Å². The Kier molecular flexibility index (Phi) is 3.62. The summed E-state index contributed by atoms with van der Waals surface area (Å²) in [6.45, 7) is 5.33. The summed E-state index contributed by atoms with van der Waals surface area (Å²) in [7, 11) is 0. The van der Waals surface area contributed by atoms with Crippen molar-refractivity contribution in [1.82, 2.24) is 10.3 Å². The molecule has 1 aromatic heterocycles. The summed E-state index contributed by atoms with van der Waals surface area (Å²) in [6, 6.07) is 5.50. The summed E-state index contributed by atoms with van der Waals surface area (Å²) in [5, 5.41) is 11.7. The van der Waals surface area contributed by atoms with E-state index in [0.29, 0.717) is 17.7 Å². The van der Waals surface area contributed by atoms with Gasteiger partial charge in [0.15, 0.2) is 0 Å². The van der Waals surface area contributed by atoms with Gasteiger partial charge >= 0.3 is 0 Å². The summed E-state index contributed by atoms with van der Waals surface area (Å²) in [4.78, 5) is 15.9. The van der Waals surface area contributed by atoms with Gasteiger partial charge in [-0.1, -0.05) is 6.92 Å². The van der Waals surface area contributed by atoms with Crippen LogP contribution in [0.3, 0.4) is 0 Å². The number of carbonyl (C=O) groups is 1. The third kappa shape index (κ3) is 2.57. The van der Waals surface area contributed by atoms with Crippen molar-refractivity contribution >= 4 is 5.91 Å². The maximum Gasteiger partial charge on any atom is 0.254 e. The first-order valence-electron chi connectivity index (χ1n) is 5.18. The average molecular weight is 217 g/mol. The first kappa shape index (κ1) is 12.2. The molecule has 0 fully saturated rings. The minimum atomic E-state index is -0.820. The van der Waals surface area contributed by atoms with E-state index in [1.54, 1.807) is 32.2 Å². The molecule has 1 heterocycles. The molecule has 1 aromatic rings. The average Bonchev–Trinajstić information content (AvgIpc) is 2.29. The zero-order valence-electron chi connectivity index (χ0n) is 9.74. The second kappa shape index (κ2) is 4.75. The third-order valence-corrected chi connectivity index (χ3v) is 2.59. The molecular weight excluding hydrogens is 202 g/mol. The molecular formula is C12H15N3O. The predicted molar refractivity (Wildman–Crippen MR) is 60.7 cm³/mol. The second-order valence-electron chi connectivity index (χ2n) is 3.89. The third-order valence-electron chi connectivity index (χ3n) is 2.59. The van der Waals surface area contributed by atoms with Gasteiger partial charge < -0.3 is 5.32 Å². The van der Waals surface area contributed by atoms with Gasteiger partial charge in [0, 0.05) is 11.9 Å². The Labute approximate surface area is 95.3 Å². The van der Waals surface area contributed by atoms with Crippen LogP contribution < -0.4 is 5.32 Å². The van der Waals surface area contributed by atoms with Crippen molar-refractivity contribution < 1.29 is 4.79 Å². The van der Waals surface area contributed by atoms with Gasteiger partial charge in [-0.2, -0.15) is 5.26 Å². The molecule has 1 atom stereocenters. The number of aromatic nitrogens is 1. The van der Waals surface area contributed by atoms with Crippen molar-refractivity contribution in [3.8, 4) is 6.07 Å². The number of amides is 1. The highest BCUT2D eigenvalue weighted by Gasteiger charge is 2.24. The molecule has 0 saturated carbocycles. The van der Waals surface area contributed by atoms with Crippen molar-refractivity contribution in [2.75, 3.05) is 0 Å². The number of hydrogen-bond donors (Lipinski definition) is 1. The molecule has 1 amide bonds. The van der Waals surface area contributed by atoms with E-state index in [1.165, 1.54) is 0 Å². The fourth-order valence-electron chi connectivity index (χ4n) is 1.24.